The van der Waals surface area contributed by atoms with Crippen LogP contribution < -0.4 is 0 Å². The molecule has 1 saturated heterocycles. The molecule has 21 heavy (non-hydrogen) atoms. The van der Waals surface area contributed by atoms with Crippen LogP contribution in [0, 0.1) is 0 Å². The SMILES string of the molecule is CCCCc1ccc(S(=O)(=O)N2CCC(O)(O)CC2)cc1. The monoisotopic (exact) mass is 313 g/mol. The van der Waals surface area contributed by atoms with Gasteiger partial charge in [0.25, 0.3) is 0 Å². The lowest BCUT2D eigenvalue weighted by Gasteiger charge is -2.33. The molecule has 0 bridgehead atoms. The quantitative estimate of drug-likeness (QED) is 0.808. The molecule has 1 aliphatic heterocycles. The highest BCUT2D eigenvalue weighted by Gasteiger charge is 2.35. The first-order chi connectivity index (χ1) is 9.85. The summed E-state index contributed by atoms with van der Waals surface area (Å²) in [5.41, 5.74) is 1.14. The zero-order valence-corrected chi connectivity index (χ0v) is 13.1. The molecule has 2 N–H and O–H groups in total. The first-order valence-electron chi connectivity index (χ1n) is 7.39. The second-order valence-corrected chi connectivity index (χ2v) is 7.57. The molecule has 1 aromatic carbocycles. The van der Waals surface area contributed by atoms with E-state index < -0.39 is 15.8 Å². The number of aliphatic hydroxyl groups is 2. The van der Waals surface area contributed by atoms with E-state index in [1.807, 2.05) is 12.1 Å². The van der Waals surface area contributed by atoms with E-state index in [2.05, 4.69) is 6.92 Å². The number of piperidine rings is 1. The number of aryl methyl sites for hydroxylation is 1. The third kappa shape index (κ3) is 4.03. The molecular weight excluding hydrogens is 290 g/mol. The van der Waals surface area contributed by atoms with Gasteiger partial charge in [0, 0.05) is 25.9 Å². The average Bonchev–Trinajstić information content (AvgIpc) is 2.45. The minimum Gasteiger partial charge on any atom is -0.366 e. The molecule has 2 rings (SSSR count). The fraction of sp³-hybridized carbons (Fsp3) is 0.600. The molecule has 5 nitrogen and oxygen atoms in total. The van der Waals surface area contributed by atoms with Crippen molar-refractivity contribution in [2.24, 2.45) is 0 Å². The van der Waals surface area contributed by atoms with Crippen molar-refractivity contribution in [1.29, 1.82) is 0 Å². The summed E-state index contributed by atoms with van der Waals surface area (Å²) < 4.78 is 26.3. The number of nitrogens with zero attached hydrogens (tertiary/aromatic N) is 1. The molecule has 0 saturated carbocycles. The van der Waals surface area contributed by atoms with Crippen LogP contribution >= 0.6 is 0 Å². The fourth-order valence-electron chi connectivity index (χ4n) is 2.44. The van der Waals surface area contributed by atoms with Gasteiger partial charge in [-0.2, -0.15) is 4.31 Å². The van der Waals surface area contributed by atoms with Gasteiger partial charge in [-0.3, -0.25) is 0 Å². The Morgan fingerprint density at radius 3 is 2.24 bits per heavy atom. The number of sulfonamides is 1. The summed E-state index contributed by atoms with van der Waals surface area (Å²) in [5.74, 6) is -1.74. The van der Waals surface area contributed by atoms with Crippen molar-refractivity contribution >= 4 is 10.0 Å². The molecule has 1 aromatic rings. The van der Waals surface area contributed by atoms with Crippen LogP contribution in [0.5, 0.6) is 0 Å². The van der Waals surface area contributed by atoms with Crippen LogP contribution in [-0.4, -0.2) is 41.8 Å². The Morgan fingerprint density at radius 2 is 1.71 bits per heavy atom. The molecule has 1 fully saturated rings. The standard InChI is InChI=1S/C15H23NO4S/c1-2-3-4-13-5-7-14(8-6-13)21(19,20)16-11-9-15(17,18)10-12-16/h5-8,17-18H,2-4,9-12H2,1H3. The van der Waals surface area contributed by atoms with E-state index >= 15 is 0 Å². The van der Waals surface area contributed by atoms with Crippen LogP contribution in [0.15, 0.2) is 29.2 Å². The summed E-state index contributed by atoms with van der Waals surface area (Å²) in [5, 5.41) is 19.0. The molecule has 0 radical (unpaired) electrons. The van der Waals surface area contributed by atoms with Crippen LogP contribution in [0.1, 0.15) is 38.2 Å². The Balaban J connectivity index is 2.09. The lowest BCUT2D eigenvalue weighted by atomic mass is 10.1. The zero-order chi connectivity index (χ0) is 15.5. The minimum atomic E-state index is -3.54. The summed E-state index contributed by atoms with van der Waals surface area (Å²) >= 11 is 0. The summed E-state index contributed by atoms with van der Waals surface area (Å²) in [7, 11) is -3.54. The van der Waals surface area contributed by atoms with E-state index in [-0.39, 0.29) is 30.8 Å². The van der Waals surface area contributed by atoms with Gasteiger partial charge in [-0.1, -0.05) is 25.5 Å². The predicted molar refractivity (Wildman–Crippen MR) is 80.2 cm³/mol. The van der Waals surface area contributed by atoms with Gasteiger partial charge in [0.15, 0.2) is 5.79 Å². The van der Waals surface area contributed by atoms with Crippen molar-refractivity contribution in [1.82, 2.24) is 4.31 Å². The van der Waals surface area contributed by atoms with Crippen molar-refractivity contribution in [2.45, 2.75) is 49.7 Å². The summed E-state index contributed by atoms with van der Waals surface area (Å²) in [6.45, 7) is 2.39. The smallest absolute Gasteiger partial charge is 0.243 e. The number of hydrogen-bond donors (Lipinski definition) is 2. The maximum absolute atomic E-state index is 12.5. The van der Waals surface area contributed by atoms with E-state index in [4.69, 9.17) is 0 Å². The molecule has 0 aliphatic carbocycles. The maximum atomic E-state index is 12.5. The maximum Gasteiger partial charge on any atom is 0.243 e. The third-order valence-electron chi connectivity index (χ3n) is 3.90. The number of rotatable bonds is 5. The van der Waals surface area contributed by atoms with Gasteiger partial charge in [-0.15, -0.1) is 0 Å². The largest absolute Gasteiger partial charge is 0.366 e. The predicted octanol–water partition coefficient (Wildman–Crippen LogP) is 1.49. The molecular formula is C15H23NO4S. The topological polar surface area (TPSA) is 77.8 Å². The first kappa shape index (κ1) is 16.4. The van der Waals surface area contributed by atoms with Crippen molar-refractivity contribution in [3.63, 3.8) is 0 Å². The highest BCUT2D eigenvalue weighted by molar-refractivity contribution is 7.89. The Morgan fingerprint density at radius 1 is 1.14 bits per heavy atom. The van der Waals surface area contributed by atoms with Crippen LogP contribution in [0.4, 0.5) is 0 Å². The van der Waals surface area contributed by atoms with Gasteiger partial charge in [0.05, 0.1) is 4.90 Å². The lowest BCUT2D eigenvalue weighted by Crippen LogP contribution is -2.46. The van der Waals surface area contributed by atoms with Gasteiger partial charge in [-0.25, -0.2) is 8.42 Å². The Labute approximate surface area is 126 Å². The molecule has 1 aliphatic rings. The molecule has 0 unspecified atom stereocenters. The van der Waals surface area contributed by atoms with Gasteiger partial charge in [0.1, 0.15) is 0 Å². The van der Waals surface area contributed by atoms with Gasteiger partial charge >= 0.3 is 0 Å². The van der Waals surface area contributed by atoms with Crippen LogP contribution in [0.3, 0.4) is 0 Å². The molecule has 0 aromatic heterocycles. The lowest BCUT2D eigenvalue weighted by molar-refractivity contribution is -0.182. The number of hydrogen-bond acceptors (Lipinski definition) is 4. The summed E-state index contributed by atoms with van der Waals surface area (Å²) in [6, 6.07) is 6.99. The average molecular weight is 313 g/mol. The highest BCUT2D eigenvalue weighted by Crippen LogP contribution is 2.25. The van der Waals surface area contributed by atoms with Crippen LogP contribution in [-0.2, 0) is 16.4 Å². The third-order valence-corrected chi connectivity index (χ3v) is 5.82. The minimum absolute atomic E-state index is 0.0425. The zero-order valence-electron chi connectivity index (χ0n) is 12.3. The molecule has 118 valence electrons. The molecule has 0 amide bonds. The normalized spacial score (nSPS) is 19.6. The Kier molecular flexibility index (Phi) is 5.03. The van der Waals surface area contributed by atoms with Crippen LogP contribution in [0.2, 0.25) is 0 Å². The van der Waals surface area contributed by atoms with Crippen molar-refractivity contribution in [3.05, 3.63) is 29.8 Å². The first-order valence-corrected chi connectivity index (χ1v) is 8.83. The second kappa shape index (κ2) is 6.44. The number of unbranched alkanes of at least 4 members (excludes halogenated alkanes) is 1. The van der Waals surface area contributed by atoms with E-state index in [1.165, 1.54) is 4.31 Å². The van der Waals surface area contributed by atoms with Gasteiger partial charge < -0.3 is 10.2 Å². The fourth-order valence-corrected chi connectivity index (χ4v) is 3.88. The molecule has 1 heterocycles. The van der Waals surface area contributed by atoms with E-state index in [0.29, 0.717) is 0 Å². The van der Waals surface area contributed by atoms with E-state index in [9.17, 15) is 18.6 Å². The van der Waals surface area contributed by atoms with Crippen molar-refractivity contribution < 1.29 is 18.6 Å². The van der Waals surface area contributed by atoms with Gasteiger partial charge in [-0.05, 0) is 30.5 Å². The second-order valence-electron chi connectivity index (χ2n) is 5.63. The van der Waals surface area contributed by atoms with Crippen LogP contribution in [0.25, 0.3) is 0 Å². The molecule has 0 atom stereocenters. The van der Waals surface area contributed by atoms with Crippen molar-refractivity contribution in [3.8, 4) is 0 Å². The van der Waals surface area contributed by atoms with E-state index in [1.54, 1.807) is 12.1 Å². The highest BCUT2D eigenvalue weighted by atomic mass is 32.2. The van der Waals surface area contributed by atoms with Crippen molar-refractivity contribution in [2.75, 3.05) is 13.1 Å². The summed E-state index contributed by atoms with van der Waals surface area (Å²) in [4.78, 5) is 0.270. The number of benzene rings is 1. The van der Waals surface area contributed by atoms with E-state index in [0.717, 1.165) is 24.8 Å². The summed E-state index contributed by atoms with van der Waals surface area (Å²) in [6.07, 6.45) is 3.24. The van der Waals surface area contributed by atoms with Gasteiger partial charge in [0.2, 0.25) is 10.0 Å². The molecule has 6 heteroatoms. The Hall–Kier alpha value is -0.950. The Bertz CT molecular complexity index is 556. The molecule has 0 spiro atoms.